The van der Waals surface area contributed by atoms with E-state index >= 15 is 0 Å². The summed E-state index contributed by atoms with van der Waals surface area (Å²) in [6, 6.07) is 14.7. The van der Waals surface area contributed by atoms with Crippen LogP contribution < -0.4 is 20.1 Å². The molecule has 2 N–H and O–H groups in total. The lowest BCUT2D eigenvalue weighted by molar-refractivity contribution is 0.0827. The third-order valence-corrected chi connectivity index (χ3v) is 3.95. The Hall–Kier alpha value is -2.80. The van der Waals surface area contributed by atoms with Gasteiger partial charge in [-0.15, -0.1) is 0 Å². The van der Waals surface area contributed by atoms with Gasteiger partial charge in [-0.25, -0.2) is 0 Å². The van der Waals surface area contributed by atoms with Crippen LogP contribution in [0.25, 0.3) is 0 Å². The summed E-state index contributed by atoms with van der Waals surface area (Å²) in [5.74, 6) is 1.34. The van der Waals surface area contributed by atoms with Crippen molar-refractivity contribution in [3.8, 4) is 11.5 Å². The van der Waals surface area contributed by atoms with Crippen LogP contribution in [-0.2, 0) is 0 Å². The Morgan fingerprint density at radius 2 is 1.74 bits per heavy atom. The molecular formula is C20H25N3O3S. The quantitative estimate of drug-likeness (QED) is 0.712. The van der Waals surface area contributed by atoms with Gasteiger partial charge >= 0.3 is 0 Å². The average Bonchev–Trinajstić information content (AvgIpc) is 2.66. The van der Waals surface area contributed by atoms with Crippen LogP contribution in [0.2, 0.25) is 0 Å². The van der Waals surface area contributed by atoms with Crippen molar-refractivity contribution in [1.29, 1.82) is 0 Å². The Morgan fingerprint density at radius 1 is 1.11 bits per heavy atom. The fraction of sp³-hybridized carbons (Fsp3) is 0.300. The van der Waals surface area contributed by atoms with Crippen LogP contribution in [0.15, 0.2) is 48.5 Å². The number of carbonyl (C=O) groups is 1. The molecule has 2 aromatic rings. The second kappa shape index (κ2) is 9.78. The molecule has 1 amide bonds. The van der Waals surface area contributed by atoms with Crippen LogP contribution in [0, 0.1) is 0 Å². The molecule has 0 saturated heterocycles. The van der Waals surface area contributed by atoms with Crippen LogP contribution in [-0.4, -0.2) is 49.8 Å². The zero-order valence-corrected chi connectivity index (χ0v) is 16.8. The second-order valence-electron chi connectivity index (χ2n) is 6.24. The van der Waals surface area contributed by atoms with E-state index in [4.69, 9.17) is 21.7 Å². The van der Waals surface area contributed by atoms with Gasteiger partial charge in [0, 0.05) is 25.3 Å². The van der Waals surface area contributed by atoms with Gasteiger partial charge in [-0.1, -0.05) is 12.1 Å². The van der Waals surface area contributed by atoms with Crippen LogP contribution in [0.4, 0.5) is 5.69 Å². The average molecular weight is 388 g/mol. The third kappa shape index (κ3) is 6.14. The molecule has 144 valence electrons. The fourth-order valence-electron chi connectivity index (χ4n) is 2.34. The smallest absolute Gasteiger partial charge is 0.253 e. The van der Waals surface area contributed by atoms with E-state index in [0.29, 0.717) is 28.8 Å². The number of methoxy groups -OCH3 is 1. The first-order valence-electron chi connectivity index (χ1n) is 8.55. The standard InChI is InChI=1S/C20H25N3O3S/c1-14(13-26-18-8-6-5-7-17(18)25-4)21-20(27)22-16-11-9-15(10-12-16)19(24)23(2)3/h5-12,14H,13H2,1-4H3,(H2,21,22,27)/t14-/m1/s1. The molecular weight excluding hydrogens is 362 g/mol. The molecule has 0 spiro atoms. The Morgan fingerprint density at radius 3 is 2.33 bits per heavy atom. The Labute approximate surface area is 165 Å². The lowest BCUT2D eigenvalue weighted by atomic mass is 10.2. The van der Waals surface area contributed by atoms with E-state index in [9.17, 15) is 4.79 Å². The van der Waals surface area contributed by atoms with Crippen molar-refractivity contribution in [2.24, 2.45) is 0 Å². The van der Waals surface area contributed by atoms with E-state index in [1.165, 1.54) is 4.90 Å². The van der Waals surface area contributed by atoms with Crippen molar-refractivity contribution in [3.05, 3.63) is 54.1 Å². The Bertz CT molecular complexity index is 778. The molecule has 2 rings (SSSR count). The molecule has 7 heteroatoms. The Balaban J connectivity index is 1.83. The van der Waals surface area contributed by atoms with Crippen LogP contribution in [0.3, 0.4) is 0 Å². The van der Waals surface area contributed by atoms with E-state index in [2.05, 4.69) is 10.6 Å². The predicted octanol–water partition coefficient (Wildman–Crippen LogP) is 3.15. The van der Waals surface area contributed by atoms with Gasteiger partial charge in [-0.05, 0) is 55.5 Å². The van der Waals surface area contributed by atoms with Gasteiger partial charge in [-0.2, -0.15) is 0 Å². The van der Waals surface area contributed by atoms with Gasteiger partial charge in [0.05, 0.1) is 13.2 Å². The number of thiocarbonyl (C=S) groups is 1. The van der Waals surface area contributed by atoms with E-state index in [-0.39, 0.29) is 11.9 Å². The topological polar surface area (TPSA) is 62.8 Å². The number of hydrogen-bond acceptors (Lipinski definition) is 4. The Kier molecular flexibility index (Phi) is 7.43. The summed E-state index contributed by atoms with van der Waals surface area (Å²) in [7, 11) is 5.06. The number of carbonyl (C=O) groups excluding carboxylic acids is 1. The van der Waals surface area contributed by atoms with Crippen molar-refractivity contribution >= 4 is 28.9 Å². The summed E-state index contributed by atoms with van der Waals surface area (Å²) in [4.78, 5) is 13.4. The minimum Gasteiger partial charge on any atom is -0.493 e. The van der Waals surface area contributed by atoms with Gasteiger partial charge in [0.1, 0.15) is 6.61 Å². The molecule has 0 radical (unpaired) electrons. The molecule has 0 aliphatic heterocycles. The van der Waals surface area contributed by atoms with E-state index in [0.717, 1.165) is 5.69 Å². The first-order chi connectivity index (χ1) is 12.9. The molecule has 0 aromatic heterocycles. The van der Waals surface area contributed by atoms with Gasteiger partial charge in [-0.3, -0.25) is 4.79 Å². The summed E-state index contributed by atoms with van der Waals surface area (Å²) in [6.07, 6.45) is 0. The van der Waals surface area contributed by atoms with Crippen molar-refractivity contribution < 1.29 is 14.3 Å². The van der Waals surface area contributed by atoms with Crippen molar-refractivity contribution in [3.63, 3.8) is 0 Å². The highest BCUT2D eigenvalue weighted by Crippen LogP contribution is 2.25. The summed E-state index contributed by atoms with van der Waals surface area (Å²) in [6.45, 7) is 2.40. The molecule has 2 aromatic carbocycles. The minimum absolute atomic E-state index is 0.00972. The fourth-order valence-corrected chi connectivity index (χ4v) is 2.66. The summed E-state index contributed by atoms with van der Waals surface area (Å²) >= 11 is 5.34. The van der Waals surface area contributed by atoms with Crippen molar-refractivity contribution in [2.75, 3.05) is 33.1 Å². The third-order valence-electron chi connectivity index (χ3n) is 3.73. The number of nitrogens with one attached hydrogen (secondary N) is 2. The zero-order chi connectivity index (χ0) is 19.8. The number of amides is 1. The summed E-state index contributed by atoms with van der Waals surface area (Å²) < 4.78 is 11.1. The first kappa shape index (κ1) is 20.5. The van der Waals surface area contributed by atoms with E-state index < -0.39 is 0 Å². The number of rotatable bonds is 7. The second-order valence-corrected chi connectivity index (χ2v) is 6.65. The van der Waals surface area contributed by atoms with Crippen LogP contribution in [0.5, 0.6) is 11.5 Å². The molecule has 0 unspecified atom stereocenters. The largest absolute Gasteiger partial charge is 0.493 e. The highest BCUT2D eigenvalue weighted by Gasteiger charge is 2.10. The van der Waals surface area contributed by atoms with Crippen LogP contribution in [0.1, 0.15) is 17.3 Å². The van der Waals surface area contributed by atoms with Gasteiger partial charge in [0.2, 0.25) is 0 Å². The molecule has 1 atom stereocenters. The zero-order valence-electron chi connectivity index (χ0n) is 16.0. The van der Waals surface area contributed by atoms with Crippen LogP contribution >= 0.6 is 12.2 Å². The normalized spacial score (nSPS) is 11.3. The lowest BCUT2D eigenvalue weighted by Gasteiger charge is -2.18. The van der Waals surface area contributed by atoms with Gasteiger partial charge in [0.15, 0.2) is 16.6 Å². The first-order valence-corrected chi connectivity index (χ1v) is 8.96. The molecule has 27 heavy (non-hydrogen) atoms. The number of ether oxygens (including phenoxy) is 2. The molecule has 0 heterocycles. The molecule has 0 saturated carbocycles. The number of benzene rings is 2. The highest BCUT2D eigenvalue weighted by atomic mass is 32.1. The summed E-state index contributed by atoms with van der Waals surface area (Å²) in [5, 5.41) is 6.76. The summed E-state index contributed by atoms with van der Waals surface area (Å²) in [5.41, 5.74) is 1.43. The maximum atomic E-state index is 11.9. The van der Waals surface area contributed by atoms with E-state index in [1.54, 1.807) is 33.3 Å². The predicted molar refractivity (Wildman–Crippen MR) is 112 cm³/mol. The lowest BCUT2D eigenvalue weighted by Crippen LogP contribution is -2.39. The monoisotopic (exact) mass is 387 g/mol. The molecule has 0 fully saturated rings. The minimum atomic E-state index is -0.0376. The maximum absolute atomic E-state index is 11.9. The van der Waals surface area contributed by atoms with Gasteiger partial charge in [0.25, 0.3) is 5.91 Å². The molecule has 6 nitrogen and oxygen atoms in total. The van der Waals surface area contributed by atoms with E-state index in [1.807, 2.05) is 43.3 Å². The van der Waals surface area contributed by atoms with Crippen molar-refractivity contribution in [1.82, 2.24) is 10.2 Å². The molecule has 0 aliphatic rings. The maximum Gasteiger partial charge on any atom is 0.253 e. The number of nitrogens with zero attached hydrogens (tertiary/aromatic N) is 1. The molecule has 0 aliphatic carbocycles. The molecule has 0 bridgehead atoms. The SMILES string of the molecule is COc1ccccc1OC[C@@H](C)NC(=S)Nc1ccc(C(=O)N(C)C)cc1. The number of para-hydroxylation sites is 2. The highest BCUT2D eigenvalue weighted by molar-refractivity contribution is 7.80. The van der Waals surface area contributed by atoms with Crippen molar-refractivity contribution in [2.45, 2.75) is 13.0 Å². The number of hydrogen-bond donors (Lipinski definition) is 2. The van der Waals surface area contributed by atoms with Gasteiger partial charge < -0.3 is 25.0 Å². The number of anilines is 1.